The molecule has 0 aliphatic heterocycles. The molecule has 100 valence electrons. The molecule has 0 bridgehead atoms. The Hall–Kier alpha value is -1.55. The monoisotopic (exact) mass is 251 g/mol. The average Bonchev–Trinajstić information content (AvgIpc) is 2.34. The van der Waals surface area contributed by atoms with Crippen molar-refractivity contribution in [2.45, 2.75) is 33.7 Å². The van der Waals surface area contributed by atoms with Crippen molar-refractivity contribution in [1.29, 1.82) is 0 Å². The van der Waals surface area contributed by atoms with E-state index in [2.05, 4.69) is 5.32 Å². The first-order valence-electron chi connectivity index (χ1n) is 6.02. The summed E-state index contributed by atoms with van der Waals surface area (Å²) in [4.78, 5) is 11.4. The highest BCUT2D eigenvalue weighted by atomic mass is 16.5. The van der Waals surface area contributed by atoms with Gasteiger partial charge in [-0.15, -0.1) is 0 Å². The third-order valence-corrected chi connectivity index (χ3v) is 3.23. The predicted octanol–water partition coefficient (Wildman–Crippen LogP) is 1.62. The minimum Gasteiger partial charge on any atom is -0.496 e. The number of nitrogens with one attached hydrogen (secondary N) is 1. The van der Waals surface area contributed by atoms with Crippen molar-refractivity contribution in [2.75, 3.05) is 13.7 Å². The molecular weight excluding hydrogens is 230 g/mol. The van der Waals surface area contributed by atoms with E-state index in [1.807, 2.05) is 26.8 Å². The molecule has 0 saturated carbocycles. The summed E-state index contributed by atoms with van der Waals surface area (Å²) in [6.45, 7) is 6.40. The van der Waals surface area contributed by atoms with Crippen molar-refractivity contribution in [3.8, 4) is 5.75 Å². The van der Waals surface area contributed by atoms with Crippen LogP contribution in [0.3, 0.4) is 0 Å². The molecule has 4 nitrogen and oxygen atoms in total. The van der Waals surface area contributed by atoms with Gasteiger partial charge in [0, 0.05) is 13.0 Å². The van der Waals surface area contributed by atoms with Crippen molar-refractivity contribution < 1.29 is 14.6 Å². The Morgan fingerprint density at radius 2 is 2.00 bits per heavy atom. The van der Waals surface area contributed by atoms with Gasteiger partial charge in [-0.25, -0.2) is 0 Å². The van der Waals surface area contributed by atoms with Gasteiger partial charge in [-0.05, 0) is 49.1 Å². The van der Waals surface area contributed by atoms with Crippen LogP contribution in [0.5, 0.6) is 5.75 Å². The molecule has 0 aromatic heterocycles. The average molecular weight is 251 g/mol. The lowest BCUT2D eigenvalue weighted by Gasteiger charge is -2.16. The van der Waals surface area contributed by atoms with E-state index in [0.717, 1.165) is 28.0 Å². The van der Waals surface area contributed by atoms with Gasteiger partial charge in [0.2, 0.25) is 5.91 Å². The van der Waals surface area contributed by atoms with Gasteiger partial charge in [0.25, 0.3) is 0 Å². The first-order valence-corrected chi connectivity index (χ1v) is 6.02. The molecule has 0 atom stereocenters. The van der Waals surface area contributed by atoms with Gasteiger partial charge in [-0.2, -0.15) is 0 Å². The zero-order chi connectivity index (χ0) is 13.7. The highest BCUT2D eigenvalue weighted by Gasteiger charge is 2.11. The third-order valence-electron chi connectivity index (χ3n) is 3.23. The molecule has 1 rings (SSSR count). The summed E-state index contributed by atoms with van der Waals surface area (Å²) in [5.41, 5.74) is 4.43. The second kappa shape index (κ2) is 6.40. The van der Waals surface area contributed by atoms with E-state index in [4.69, 9.17) is 9.84 Å². The zero-order valence-corrected chi connectivity index (χ0v) is 11.5. The Labute approximate surface area is 108 Å². The molecule has 0 fully saturated rings. The summed E-state index contributed by atoms with van der Waals surface area (Å²) in [5, 5.41) is 11.5. The van der Waals surface area contributed by atoms with Crippen molar-refractivity contribution in [2.24, 2.45) is 0 Å². The lowest BCUT2D eigenvalue weighted by molar-refractivity contribution is -0.121. The van der Waals surface area contributed by atoms with Crippen LogP contribution < -0.4 is 10.1 Å². The number of benzene rings is 1. The highest BCUT2D eigenvalue weighted by molar-refractivity contribution is 5.76. The highest BCUT2D eigenvalue weighted by Crippen LogP contribution is 2.27. The Morgan fingerprint density at radius 1 is 1.33 bits per heavy atom. The molecule has 0 heterocycles. The van der Waals surface area contributed by atoms with Crippen LogP contribution in [0.25, 0.3) is 0 Å². The number of aliphatic hydroxyl groups is 1. The number of carbonyl (C=O) groups is 1. The van der Waals surface area contributed by atoms with Crippen LogP contribution in [0.1, 0.15) is 28.7 Å². The molecule has 0 radical (unpaired) electrons. The summed E-state index contributed by atoms with van der Waals surface area (Å²) in [7, 11) is 1.66. The standard InChI is InChI=1S/C14H21NO3/c1-9-7-13(18-4)11(3)10(2)12(9)8-15-14(17)5-6-16/h7,16H,5-6,8H2,1-4H3,(H,15,17). The summed E-state index contributed by atoms with van der Waals surface area (Å²) in [6, 6.07) is 1.98. The number of hydrogen-bond donors (Lipinski definition) is 2. The first kappa shape index (κ1) is 14.5. The molecule has 0 aliphatic rings. The number of carbonyl (C=O) groups excluding carboxylic acids is 1. The number of aryl methyl sites for hydroxylation is 1. The van der Waals surface area contributed by atoms with Crippen LogP contribution in [0.2, 0.25) is 0 Å². The minimum atomic E-state index is -0.134. The van der Waals surface area contributed by atoms with Crippen LogP contribution in [0.4, 0.5) is 0 Å². The van der Waals surface area contributed by atoms with Crippen molar-refractivity contribution in [3.05, 3.63) is 28.3 Å². The largest absolute Gasteiger partial charge is 0.496 e. The van der Waals surface area contributed by atoms with Gasteiger partial charge in [-0.3, -0.25) is 4.79 Å². The van der Waals surface area contributed by atoms with E-state index in [-0.39, 0.29) is 18.9 Å². The molecule has 1 amide bonds. The normalized spacial score (nSPS) is 10.3. The van der Waals surface area contributed by atoms with Crippen molar-refractivity contribution in [1.82, 2.24) is 5.32 Å². The van der Waals surface area contributed by atoms with Crippen molar-refractivity contribution >= 4 is 5.91 Å². The Balaban J connectivity index is 2.90. The van der Waals surface area contributed by atoms with E-state index in [0.29, 0.717) is 6.54 Å². The summed E-state index contributed by atoms with van der Waals surface area (Å²) in [5.74, 6) is 0.736. The predicted molar refractivity (Wildman–Crippen MR) is 70.8 cm³/mol. The minimum absolute atomic E-state index is 0.120. The van der Waals surface area contributed by atoms with Gasteiger partial charge in [0.05, 0.1) is 13.7 Å². The maximum absolute atomic E-state index is 11.4. The van der Waals surface area contributed by atoms with Gasteiger partial charge < -0.3 is 15.2 Å². The second-order valence-corrected chi connectivity index (χ2v) is 4.37. The topological polar surface area (TPSA) is 58.6 Å². The summed E-state index contributed by atoms with van der Waals surface area (Å²) in [6.07, 6.45) is 0.146. The number of rotatable bonds is 5. The van der Waals surface area contributed by atoms with E-state index >= 15 is 0 Å². The third kappa shape index (κ3) is 3.23. The fourth-order valence-electron chi connectivity index (χ4n) is 1.96. The van der Waals surface area contributed by atoms with Gasteiger partial charge in [0.15, 0.2) is 0 Å². The SMILES string of the molecule is COc1cc(C)c(CNC(=O)CCO)c(C)c1C. The van der Waals surface area contributed by atoms with Crippen LogP contribution >= 0.6 is 0 Å². The molecule has 1 aromatic rings. The summed E-state index contributed by atoms with van der Waals surface area (Å²) >= 11 is 0. The maximum Gasteiger partial charge on any atom is 0.222 e. The Kier molecular flexibility index (Phi) is 5.16. The van der Waals surface area contributed by atoms with Gasteiger partial charge >= 0.3 is 0 Å². The Morgan fingerprint density at radius 3 is 2.56 bits per heavy atom. The van der Waals surface area contributed by atoms with Crippen LogP contribution in [0.15, 0.2) is 6.07 Å². The zero-order valence-electron chi connectivity index (χ0n) is 11.5. The van der Waals surface area contributed by atoms with E-state index in [1.54, 1.807) is 7.11 Å². The lowest BCUT2D eigenvalue weighted by Crippen LogP contribution is -2.24. The number of aliphatic hydroxyl groups excluding tert-OH is 1. The van der Waals surface area contributed by atoms with Crippen LogP contribution in [-0.4, -0.2) is 24.7 Å². The Bertz CT molecular complexity index is 441. The fraction of sp³-hybridized carbons (Fsp3) is 0.500. The van der Waals surface area contributed by atoms with Gasteiger partial charge in [-0.1, -0.05) is 0 Å². The van der Waals surface area contributed by atoms with E-state index in [1.165, 1.54) is 0 Å². The summed E-state index contributed by atoms with van der Waals surface area (Å²) < 4.78 is 5.31. The molecule has 0 saturated heterocycles. The maximum atomic E-state index is 11.4. The van der Waals surface area contributed by atoms with Crippen molar-refractivity contribution in [3.63, 3.8) is 0 Å². The molecule has 1 aromatic carbocycles. The number of amides is 1. The molecule has 4 heteroatoms. The number of methoxy groups -OCH3 is 1. The van der Waals surface area contributed by atoms with Gasteiger partial charge in [0.1, 0.15) is 5.75 Å². The van der Waals surface area contributed by atoms with Crippen LogP contribution in [-0.2, 0) is 11.3 Å². The number of ether oxygens (including phenoxy) is 1. The molecule has 0 spiro atoms. The molecule has 18 heavy (non-hydrogen) atoms. The quantitative estimate of drug-likeness (QED) is 0.836. The smallest absolute Gasteiger partial charge is 0.222 e. The number of hydrogen-bond acceptors (Lipinski definition) is 3. The second-order valence-electron chi connectivity index (χ2n) is 4.37. The molecule has 0 aliphatic carbocycles. The molecule has 0 unspecified atom stereocenters. The van der Waals surface area contributed by atoms with Crippen LogP contribution in [0, 0.1) is 20.8 Å². The lowest BCUT2D eigenvalue weighted by atomic mass is 9.97. The fourth-order valence-corrected chi connectivity index (χ4v) is 1.96. The van der Waals surface area contributed by atoms with E-state index < -0.39 is 0 Å². The first-order chi connectivity index (χ1) is 8.51. The molecular formula is C14H21NO3. The molecule has 2 N–H and O–H groups in total. The van der Waals surface area contributed by atoms with E-state index in [9.17, 15) is 4.79 Å².